The van der Waals surface area contributed by atoms with Crippen LogP contribution in [0.15, 0.2) is 166 Å². The van der Waals surface area contributed by atoms with E-state index in [4.69, 9.17) is 27.9 Å². The van der Waals surface area contributed by atoms with Crippen LogP contribution < -0.4 is 15.9 Å². The first-order chi connectivity index (χ1) is 35.1. The fourth-order valence-electron chi connectivity index (χ4n) is 11.3. The van der Waals surface area contributed by atoms with Crippen molar-refractivity contribution in [2.45, 2.75) is 44.9 Å². The number of hydrogen-bond acceptors (Lipinski definition) is 5. The van der Waals surface area contributed by atoms with Crippen molar-refractivity contribution in [2.24, 2.45) is 0 Å². The number of aromatic nitrogens is 2. The molecule has 3 aliphatic rings. The minimum absolute atomic E-state index is 0.0666. The maximum Gasteiger partial charge on any atom is 0.935 e. The molecule has 2 aliphatic carbocycles. The standard InChI is InChI=1S/C59H38BCl2F2N3O4S/c61-45-30-38(71-51(68)15-7-8-32-16-22-37(23-17-32)66-58(69)43-25-24-42-41-13-5-6-14-49(41)72-50-27-26-44(59(66)70)52(43)53(42)50)31-46(62)54(45)55(47-28-35-20-18-33-9-1-3-11-39(33)56(35)65-47)48-29-36-21-19-34-10-2-4-12-40(34)57(36)67(48)60(63)64/h1-6,9-14,16-17,22-31H,7-8,15,18-21H2/p+1. The molecule has 13 rings (SSSR count). The van der Waals surface area contributed by atoms with Crippen LogP contribution in [0.25, 0.3) is 64.2 Å². The van der Waals surface area contributed by atoms with Gasteiger partial charge in [0.1, 0.15) is 5.75 Å². The van der Waals surface area contributed by atoms with Crippen LogP contribution in [0, 0.1) is 0 Å². The first kappa shape index (κ1) is 44.5. The molecule has 0 spiro atoms. The molecule has 7 nitrogen and oxygen atoms in total. The van der Waals surface area contributed by atoms with Gasteiger partial charge in [-0.2, -0.15) is 0 Å². The van der Waals surface area contributed by atoms with Gasteiger partial charge in [-0.25, -0.2) is 17.7 Å². The van der Waals surface area contributed by atoms with Crippen molar-refractivity contribution in [3.63, 3.8) is 0 Å². The Kier molecular flexibility index (Phi) is 10.8. The molecule has 0 saturated carbocycles. The number of pyridine rings is 1. The highest BCUT2D eigenvalue weighted by Crippen LogP contribution is 2.46. The van der Waals surface area contributed by atoms with E-state index < -0.39 is 13.4 Å². The number of aryl methyl sites for hydroxylation is 4. The van der Waals surface area contributed by atoms with Crippen molar-refractivity contribution in [3.8, 4) is 22.7 Å². The summed E-state index contributed by atoms with van der Waals surface area (Å²) in [5.41, 5.74) is 9.52. The van der Waals surface area contributed by atoms with Gasteiger partial charge in [0.2, 0.25) is 0 Å². The second-order valence-corrected chi connectivity index (χ2v) is 20.5. The summed E-state index contributed by atoms with van der Waals surface area (Å²) >= 11 is 16.0. The molecule has 0 saturated heterocycles. The lowest BCUT2D eigenvalue weighted by molar-refractivity contribution is -0.340. The van der Waals surface area contributed by atoms with Gasteiger partial charge in [0, 0.05) is 83.5 Å². The first-order valence-corrected chi connectivity index (χ1v) is 25.5. The smallest absolute Gasteiger partial charge is 0.426 e. The molecule has 1 aliphatic heterocycles. The number of fused-ring (bicyclic) bond motifs is 8. The van der Waals surface area contributed by atoms with Crippen LogP contribution in [-0.4, -0.2) is 33.1 Å². The summed E-state index contributed by atoms with van der Waals surface area (Å²) in [5.74, 6) is -0.379. The molecule has 0 amide bonds. The van der Waals surface area contributed by atoms with E-state index in [1.807, 2.05) is 97.1 Å². The number of allylic oxidation sites excluding steroid dienone is 2. The Bertz CT molecular complexity index is 4140. The van der Waals surface area contributed by atoms with Crippen molar-refractivity contribution < 1.29 is 22.6 Å². The van der Waals surface area contributed by atoms with Crippen molar-refractivity contribution in [1.29, 1.82) is 0 Å². The number of nitrogens with one attached hydrogen (secondary N) is 1. The number of rotatable bonds is 9. The number of hydrogen-bond donors (Lipinski definition) is 1. The molecule has 10 aromatic rings. The molecule has 0 atom stereocenters. The van der Waals surface area contributed by atoms with Crippen LogP contribution in [0.2, 0.25) is 10.0 Å². The molecule has 1 N–H and O–H groups in total. The third-order valence-electron chi connectivity index (χ3n) is 14.5. The van der Waals surface area contributed by atoms with Gasteiger partial charge in [-0.05, 0) is 120 Å². The van der Waals surface area contributed by atoms with E-state index >= 15 is 8.63 Å². The molecule has 0 unspecified atom stereocenters. The van der Waals surface area contributed by atoms with E-state index in [0.29, 0.717) is 63.7 Å². The molecule has 0 radical (unpaired) electrons. The van der Waals surface area contributed by atoms with Crippen molar-refractivity contribution in [3.05, 3.63) is 227 Å². The fraction of sp³-hybridized carbons (Fsp3) is 0.119. The summed E-state index contributed by atoms with van der Waals surface area (Å²) < 4.78 is 41.6. The molecule has 3 aromatic heterocycles. The van der Waals surface area contributed by atoms with Gasteiger partial charge < -0.3 is 9.72 Å². The molecule has 350 valence electrons. The second kappa shape index (κ2) is 17.4. The minimum atomic E-state index is -2.89. The third-order valence-corrected chi connectivity index (χ3v) is 16.3. The monoisotopic (exact) mass is 1000 g/mol. The number of carbonyl (C=O) groups is 1. The number of carbonyl (C=O) groups excluding carboxylic acids is 1. The minimum Gasteiger partial charge on any atom is -0.426 e. The summed E-state index contributed by atoms with van der Waals surface area (Å²) in [6.07, 6.45) is 5.79. The summed E-state index contributed by atoms with van der Waals surface area (Å²) in [4.78, 5) is 45.1. The average Bonchev–Trinajstić information content (AvgIpc) is 4.01. The summed E-state index contributed by atoms with van der Waals surface area (Å²) in [7, 11) is -2.89. The molecule has 72 heavy (non-hydrogen) atoms. The number of benzene rings is 7. The lowest BCUT2D eigenvalue weighted by atomic mass is 9.86. The molecule has 0 bridgehead atoms. The van der Waals surface area contributed by atoms with Gasteiger partial charge in [0.15, 0.2) is 11.4 Å². The van der Waals surface area contributed by atoms with E-state index in [-0.39, 0.29) is 39.0 Å². The van der Waals surface area contributed by atoms with Gasteiger partial charge in [-0.3, -0.25) is 14.4 Å². The summed E-state index contributed by atoms with van der Waals surface area (Å²) in [6, 6.07) is 43.9. The van der Waals surface area contributed by atoms with E-state index in [9.17, 15) is 14.4 Å². The number of halogens is 4. The van der Waals surface area contributed by atoms with Gasteiger partial charge in [-0.1, -0.05) is 102 Å². The largest absolute Gasteiger partial charge is 0.935 e. The SMILES string of the molecule is O=C(CCCc1ccc(-n2c(=O)c3ccc4sc5ccccc5c5ccc(c2=O)c3c45)cc1)Oc1cc(Cl)c(/C(=C2\C=C3CCc4ccccc4C3=[N+]2B(F)F)c2cc3c([nH]2)-c2ccccc2CC3)c(Cl)c1. The zero-order chi connectivity index (χ0) is 48.9. The van der Waals surface area contributed by atoms with Crippen LogP contribution in [0.4, 0.5) is 8.63 Å². The lowest BCUT2D eigenvalue weighted by Gasteiger charge is -2.17. The first-order valence-electron chi connectivity index (χ1n) is 23.9. The zero-order valence-electron chi connectivity index (χ0n) is 38.3. The Hall–Kier alpha value is -7.44. The average molecular weight is 1010 g/mol. The molecular formula is C59H39BCl2F2N3O4S+. The Morgan fingerprint density at radius 3 is 2.11 bits per heavy atom. The predicted molar refractivity (Wildman–Crippen MR) is 287 cm³/mol. The van der Waals surface area contributed by atoms with Gasteiger partial charge in [0.25, 0.3) is 11.1 Å². The highest BCUT2D eigenvalue weighted by molar-refractivity contribution is 7.25. The van der Waals surface area contributed by atoms with E-state index in [0.717, 1.165) is 88.4 Å². The van der Waals surface area contributed by atoms with E-state index in [2.05, 4.69) is 29.2 Å². The summed E-state index contributed by atoms with van der Waals surface area (Å²) in [6.45, 7) is 0. The maximum atomic E-state index is 15.6. The van der Waals surface area contributed by atoms with Gasteiger partial charge in [-0.15, -0.1) is 11.3 Å². The summed E-state index contributed by atoms with van der Waals surface area (Å²) in [5, 5.41) is 4.96. The normalized spacial score (nSPS) is 14.7. The number of nitrogens with zero attached hydrogens (tertiary/aromatic N) is 2. The molecular weight excluding hydrogens is 966 g/mol. The number of ether oxygens (including phenoxy) is 1. The fourth-order valence-corrected chi connectivity index (χ4v) is 13.1. The zero-order valence-corrected chi connectivity index (χ0v) is 40.7. The number of aromatic amines is 1. The predicted octanol–water partition coefficient (Wildman–Crippen LogP) is 13.7. The Morgan fingerprint density at radius 1 is 0.694 bits per heavy atom. The van der Waals surface area contributed by atoms with Gasteiger partial charge >= 0.3 is 13.4 Å². The number of esters is 1. The van der Waals surface area contributed by atoms with Crippen LogP contribution in [-0.2, 0) is 30.5 Å². The van der Waals surface area contributed by atoms with Gasteiger partial charge in [0.05, 0.1) is 27.0 Å². The highest BCUT2D eigenvalue weighted by atomic mass is 35.5. The number of H-pyrrole nitrogens is 1. The molecule has 7 aromatic carbocycles. The Morgan fingerprint density at radius 2 is 1.35 bits per heavy atom. The quantitative estimate of drug-likeness (QED) is 0.0513. The topological polar surface area (TPSA) is 84.2 Å². The van der Waals surface area contributed by atoms with Crippen molar-refractivity contribution in [1.82, 2.24) is 9.55 Å². The van der Waals surface area contributed by atoms with Crippen LogP contribution in [0.3, 0.4) is 0 Å². The van der Waals surface area contributed by atoms with Crippen LogP contribution in [0.5, 0.6) is 5.75 Å². The van der Waals surface area contributed by atoms with Crippen LogP contribution in [0.1, 0.15) is 58.3 Å². The molecule has 13 heteroatoms. The Labute approximate surface area is 425 Å². The van der Waals surface area contributed by atoms with E-state index in [1.54, 1.807) is 23.5 Å². The molecule has 4 heterocycles. The Balaban J connectivity index is 0.769. The van der Waals surface area contributed by atoms with E-state index in [1.165, 1.54) is 22.3 Å². The molecule has 0 fully saturated rings. The third kappa shape index (κ3) is 7.19. The second-order valence-electron chi connectivity index (χ2n) is 18.6. The van der Waals surface area contributed by atoms with Crippen molar-refractivity contribution >= 4 is 101 Å². The maximum absolute atomic E-state index is 15.6. The van der Waals surface area contributed by atoms with Crippen LogP contribution >= 0.6 is 34.5 Å². The highest BCUT2D eigenvalue weighted by Gasteiger charge is 2.48. The lowest BCUT2D eigenvalue weighted by Crippen LogP contribution is -2.31. The van der Waals surface area contributed by atoms with Crippen molar-refractivity contribution in [2.75, 3.05) is 0 Å².